The molecule has 0 saturated carbocycles. The number of Topliss-reactive ketones (excluding diaryl/α,β-unsaturated/α-hetero) is 2. The highest BCUT2D eigenvalue weighted by Crippen LogP contribution is 2.51. The quantitative estimate of drug-likeness (QED) is 0.433. The molecule has 0 aromatic heterocycles. The van der Waals surface area contributed by atoms with Crippen LogP contribution in [0.25, 0.3) is 0 Å². The lowest BCUT2D eigenvalue weighted by molar-refractivity contribution is -0.189. The first kappa shape index (κ1) is 23.5. The highest BCUT2D eigenvalue weighted by atomic mass is 16.7. The Morgan fingerprint density at radius 3 is 2.47 bits per heavy atom. The smallest absolute Gasteiger partial charge is 0.256 e. The summed E-state index contributed by atoms with van der Waals surface area (Å²) in [6, 6.07) is 1.30. The second-order valence-corrected chi connectivity index (χ2v) is 10.4. The third-order valence-corrected chi connectivity index (χ3v) is 9.11. The van der Waals surface area contributed by atoms with Gasteiger partial charge in [0.15, 0.2) is 11.5 Å². The van der Waals surface area contributed by atoms with Gasteiger partial charge in [0.05, 0.1) is 31.8 Å². The number of likely N-dealkylation sites (N-methyl/N-ethyl adjacent to an activating group) is 1. The number of carbonyl (C=O) groups is 2. The third kappa shape index (κ3) is 2.60. The standard InChI is InChI=1S/C27H30N4O5/c1-12-7-14-8-16-18(10-28)31-17(23(30(16)3)20(14)26(33)27(12,35-5)36-6)9-15-21-19(31)11-29-22(21)25(34-4)13(2)24(15)32/h7,16-19,23H,8-9,11H2,1-6H3/t16-,17-,18-,19-,23-/m0/s1. The van der Waals surface area contributed by atoms with Crippen molar-refractivity contribution in [2.75, 3.05) is 34.9 Å². The fraction of sp³-hybridized carbons (Fsp3) is 0.556. The zero-order chi connectivity index (χ0) is 25.7. The number of nitriles is 1. The Balaban J connectivity index is 1.53. The maximum atomic E-state index is 14.1. The fourth-order valence-electron chi connectivity index (χ4n) is 7.54. The number of ketones is 2. The van der Waals surface area contributed by atoms with Gasteiger partial charge in [0.2, 0.25) is 5.78 Å². The minimum absolute atomic E-state index is 0.0375. The Kier molecular flexibility index (Phi) is 5.09. The molecule has 2 aliphatic carbocycles. The number of hydrogen-bond donors (Lipinski definition) is 0. The second kappa shape index (κ2) is 7.80. The van der Waals surface area contributed by atoms with Gasteiger partial charge in [-0.05, 0) is 44.9 Å². The largest absolute Gasteiger partial charge is 0.494 e. The number of fused-ring (bicyclic) bond motifs is 6. The molecule has 4 aliphatic heterocycles. The van der Waals surface area contributed by atoms with Crippen LogP contribution >= 0.6 is 0 Å². The van der Waals surface area contributed by atoms with E-state index in [1.807, 2.05) is 20.0 Å². The summed E-state index contributed by atoms with van der Waals surface area (Å²) in [5.74, 6) is -1.19. The van der Waals surface area contributed by atoms with E-state index in [4.69, 9.17) is 19.2 Å². The predicted octanol–water partition coefficient (Wildman–Crippen LogP) is 1.48. The van der Waals surface area contributed by atoms with Gasteiger partial charge >= 0.3 is 0 Å². The zero-order valence-corrected chi connectivity index (χ0v) is 21.4. The van der Waals surface area contributed by atoms with Crippen LogP contribution in [0.2, 0.25) is 0 Å². The first-order chi connectivity index (χ1) is 17.2. The molecule has 9 nitrogen and oxygen atoms in total. The normalized spacial score (nSPS) is 35.2. The predicted molar refractivity (Wildman–Crippen MR) is 130 cm³/mol. The Bertz CT molecular complexity index is 1310. The molecule has 9 heteroatoms. The highest BCUT2D eigenvalue weighted by Gasteiger charge is 2.61. The van der Waals surface area contributed by atoms with Gasteiger partial charge in [-0.3, -0.25) is 24.4 Å². The average Bonchev–Trinajstić information content (AvgIpc) is 3.30. The first-order valence-electron chi connectivity index (χ1n) is 12.3. The van der Waals surface area contributed by atoms with Crippen LogP contribution in [0.5, 0.6) is 0 Å². The maximum Gasteiger partial charge on any atom is 0.256 e. The van der Waals surface area contributed by atoms with Crippen LogP contribution in [0.15, 0.2) is 50.3 Å². The first-order valence-corrected chi connectivity index (χ1v) is 12.3. The number of ether oxygens (including phenoxy) is 3. The Labute approximate surface area is 210 Å². The van der Waals surface area contributed by atoms with Crippen LogP contribution in [0.3, 0.4) is 0 Å². The Morgan fingerprint density at radius 2 is 1.83 bits per heavy atom. The van der Waals surface area contributed by atoms with Crippen molar-refractivity contribution in [3.05, 3.63) is 45.3 Å². The summed E-state index contributed by atoms with van der Waals surface area (Å²) in [7, 11) is 6.51. The fourth-order valence-corrected chi connectivity index (χ4v) is 7.54. The van der Waals surface area contributed by atoms with Crippen LogP contribution < -0.4 is 0 Å². The summed E-state index contributed by atoms with van der Waals surface area (Å²) < 4.78 is 17.0. The number of aliphatic imine (C=N–C) groups is 1. The van der Waals surface area contributed by atoms with Crippen molar-refractivity contribution in [1.82, 2.24) is 9.80 Å². The number of nitrogens with zero attached hydrogens (tertiary/aromatic N) is 4. The second-order valence-electron chi connectivity index (χ2n) is 10.4. The third-order valence-electron chi connectivity index (χ3n) is 9.11. The molecule has 0 unspecified atom stereocenters. The van der Waals surface area contributed by atoms with Gasteiger partial charge in [-0.2, -0.15) is 5.26 Å². The van der Waals surface area contributed by atoms with E-state index in [1.54, 1.807) is 14.0 Å². The van der Waals surface area contributed by atoms with Crippen molar-refractivity contribution in [2.24, 2.45) is 4.99 Å². The molecular weight excluding hydrogens is 460 g/mol. The van der Waals surface area contributed by atoms with E-state index in [9.17, 15) is 14.9 Å². The van der Waals surface area contributed by atoms with Crippen LogP contribution in [0.4, 0.5) is 0 Å². The molecule has 0 amide bonds. The molecule has 1 saturated heterocycles. The molecule has 0 radical (unpaired) electrons. The van der Waals surface area contributed by atoms with Gasteiger partial charge in [0.1, 0.15) is 11.8 Å². The molecule has 6 aliphatic rings. The van der Waals surface area contributed by atoms with Crippen molar-refractivity contribution in [2.45, 2.75) is 62.7 Å². The molecule has 0 N–H and O–H groups in total. The Hall–Kier alpha value is -2.90. The van der Waals surface area contributed by atoms with Crippen molar-refractivity contribution < 1.29 is 23.8 Å². The number of allylic oxidation sites excluding steroid dienone is 3. The molecule has 0 aromatic rings. The summed E-state index contributed by atoms with van der Waals surface area (Å²) in [4.78, 5) is 36.8. The van der Waals surface area contributed by atoms with Gasteiger partial charge in [0, 0.05) is 48.6 Å². The highest BCUT2D eigenvalue weighted by molar-refractivity contribution is 6.27. The van der Waals surface area contributed by atoms with Gasteiger partial charge in [0.25, 0.3) is 5.79 Å². The molecule has 1 fully saturated rings. The van der Waals surface area contributed by atoms with Crippen LogP contribution in [-0.4, -0.2) is 98.0 Å². The van der Waals surface area contributed by atoms with Crippen LogP contribution in [0, 0.1) is 11.3 Å². The van der Waals surface area contributed by atoms with E-state index in [0.717, 1.165) is 22.4 Å². The summed E-state index contributed by atoms with van der Waals surface area (Å²) in [5, 5.41) is 10.4. The van der Waals surface area contributed by atoms with E-state index < -0.39 is 11.8 Å². The van der Waals surface area contributed by atoms with Gasteiger partial charge in [-0.15, -0.1) is 0 Å². The maximum absolute atomic E-state index is 14.1. The van der Waals surface area contributed by atoms with Gasteiger partial charge in [-0.25, -0.2) is 0 Å². The van der Waals surface area contributed by atoms with E-state index >= 15 is 0 Å². The number of piperazine rings is 1. The van der Waals surface area contributed by atoms with Gasteiger partial charge < -0.3 is 14.2 Å². The van der Waals surface area contributed by atoms with Crippen LogP contribution in [-0.2, 0) is 23.8 Å². The number of hydrogen-bond acceptors (Lipinski definition) is 9. The molecule has 5 atom stereocenters. The molecule has 0 spiro atoms. The minimum Gasteiger partial charge on any atom is -0.494 e. The topological polar surface area (TPSA) is 104 Å². The molecule has 188 valence electrons. The van der Waals surface area contributed by atoms with Gasteiger partial charge in [-0.1, -0.05) is 6.08 Å². The monoisotopic (exact) mass is 490 g/mol. The minimum atomic E-state index is -1.47. The lowest BCUT2D eigenvalue weighted by Gasteiger charge is -2.60. The van der Waals surface area contributed by atoms with Crippen molar-refractivity contribution in [1.29, 1.82) is 5.26 Å². The average molecular weight is 491 g/mol. The summed E-state index contributed by atoms with van der Waals surface area (Å²) >= 11 is 0. The lowest BCUT2D eigenvalue weighted by Crippen LogP contribution is -2.74. The molecule has 6 rings (SSSR count). The van der Waals surface area contributed by atoms with E-state index in [0.29, 0.717) is 41.9 Å². The van der Waals surface area contributed by atoms with E-state index in [2.05, 4.69) is 15.9 Å². The van der Waals surface area contributed by atoms with Crippen molar-refractivity contribution in [3.8, 4) is 6.07 Å². The molecule has 0 aromatic carbocycles. The zero-order valence-electron chi connectivity index (χ0n) is 21.4. The number of rotatable bonds is 3. The summed E-state index contributed by atoms with van der Waals surface area (Å²) in [6.07, 6.45) is 3.00. The Morgan fingerprint density at radius 1 is 1.11 bits per heavy atom. The summed E-state index contributed by atoms with van der Waals surface area (Å²) in [5.41, 5.74) is 5.20. The summed E-state index contributed by atoms with van der Waals surface area (Å²) in [6.45, 7) is 4.08. The number of carbonyl (C=O) groups excluding carboxylic acids is 2. The molecular formula is C27H30N4O5. The molecule has 4 heterocycles. The molecule has 36 heavy (non-hydrogen) atoms. The van der Waals surface area contributed by atoms with Crippen molar-refractivity contribution >= 4 is 17.3 Å². The molecule has 2 bridgehead atoms. The number of methoxy groups -OCH3 is 3. The van der Waals surface area contributed by atoms with Crippen LogP contribution in [0.1, 0.15) is 26.7 Å². The van der Waals surface area contributed by atoms with E-state index in [1.165, 1.54) is 14.2 Å². The lowest BCUT2D eigenvalue weighted by atomic mass is 9.67. The van der Waals surface area contributed by atoms with Crippen molar-refractivity contribution in [3.63, 3.8) is 0 Å². The van der Waals surface area contributed by atoms with E-state index in [-0.39, 0.29) is 35.7 Å². The SMILES string of the molecule is COC1=C(C)C(=O)C2=C3C1=NC[C@@H]3N1[C@@H](C#N)[C@@H]3CC4=C(C(=O)C(OC)(OC)C(C)=C4)[C@H]([C@@H]1C2)N3C.